The van der Waals surface area contributed by atoms with Gasteiger partial charge in [-0.15, -0.1) is 0 Å². The van der Waals surface area contributed by atoms with E-state index in [9.17, 15) is 88.8 Å². The fraction of sp³-hybridized carbons (Fsp3) is 0.347. The summed E-state index contributed by atoms with van der Waals surface area (Å²) < 4.78 is 226. The Morgan fingerprint density at radius 3 is 1.08 bits per heavy atom. The zero-order chi connectivity index (χ0) is 108. The quantitative estimate of drug-likeness (QED) is 0.00801. The first-order valence-electron chi connectivity index (χ1n) is 49.8. The van der Waals surface area contributed by atoms with Gasteiger partial charge in [-0.2, -0.15) is 0 Å². The molecule has 1 saturated carbocycles. The minimum Gasteiger partial charge on any atom is -0.298 e. The molecule has 0 aromatic heterocycles. The maximum atomic E-state index is 14.0. The molecular formula is C121H136F16O4S6+4. The van der Waals surface area contributed by atoms with E-state index in [4.69, 9.17) is 0 Å². The molecule has 15 rings (SSSR count). The predicted molar refractivity (Wildman–Crippen MR) is 581 cm³/mol. The van der Waals surface area contributed by atoms with Crippen LogP contribution in [-0.2, 0) is 54.4 Å². The molecule has 13 aromatic rings. The summed E-state index contributed by atoms with van der Waals surface area (Å²) >= 11 is 0. The second-order valence-electron chi connectivity index (χ2n) is 37.3. The first-order valence-corrected chi connectivity index (χ1v) is 59.7. The molecule has 0 radical (unpaired) electrons. The second kappa shape index (κ2) is 61.3. The number of hydrogen-bond acceptors (Lipinski definition) is 4. The molecule has 13 aromatic carbocycles. The molecule has 0 N–H and O–H groups in total. The predicted octanol–water partition coefficient (Wildman–Crippen LogP) is 35.2. The average molecular weight is 2150 g/mol. The van der Waals surface area contributed by atoms with E-state index in [-0.39, 0.29) is 55.4 Å². The van der Waals surface area contributed by atoms with Crippen LogP contribution >= 0.6 is 10.0 Å². The first-order chi connectivity index (χ1) is 70.2. The SMILES string of the molecule is CC(C)(C(=O)c1ccc(C2CCCCC2)cc1)[S+]1CCCC1.CCCCCCC(CCCC)CS(=O)c1c(F)c(F)c(C)c(F)c1F.CCCC[S+](CCCC)CC(=O)c1ccccc1.Cc1c(F)c(F)c(C)c2c(F)c(F)c(F)c(F)c12.Cc1c(F)c(F)c(S(C)(C)C)c(F)c1F.Cc1cc(F)c(C=O)c(F)c1.c1ccc([S+](c2ccccc2)c2ccccc2)cc1.c1ccc([S+](c2ccccc2)c2ccccc2)cc1. The van der Waals surface area contributed by atoms with Gasteiger partial charge in [-0.05, 0) is 249 Å². The van der Waals surface area contributed by atoms with E-state index in [0.29, 0.717) is 28.0 Å². The van der Waals surface area contributed by atoms with Crippen LogP contribution in [0.15, 0.2) is 288 Å². The summed E-state index contributed by atoms with van der Waals surface area (Å²) in [7, 11) is -3.42. The van der Waals surface area contributed by atoms with E-state index in [1.165, 1.54) is 129 Å². The lowest BCUT2D eigenvalue weighted by molar-refractivity contribution is 0.0955. The fourth-order valence-electron chi connectivity index (χ4n) is 16.8. The molecule has 2 fully saturated rings. The first kappa shape index (κ1) is 122. The number of aryl methyl sites for hydroxylation is 3. The Morgan fingerprint density at radius 1 is 0.395 bits per heavy atom. The number of carbonyl (C=O) groups is 3. The molecule has 2 atom stereocenters. The van der Waals surface area contributed by atoms with Gasteiger partial charge in [0, 0.05) is 49.7 Å². The maximum absolute atomic E-state index is 14.0. The summed E-state index contributed by atoms with van der Waals surface area (Å²) in [5, 5.41) is -1.58. The van der Waals surface area contributed by atoms with Crippen LogP contribution in [0, 0.1) is 134 Å². The minimum atomic E-state index is -2.11. The van der Waals surface area contributed by atoms with Crippen LogP contribution in [0.25, 0.3) is 10.8 Å². The average Bonchev–Trinajstić information content (AvgIpc) is 0.859. The molecule has 2 aliphatic rings. The van der Waals surface area contributed by atoms with Gasteiger partial charge in [0.1, 0.15) is 39.5 Å². The molecule has 788 valence electrons. The topological polar surface area (TPSA) is 68.3 Å². The molecule has 26 heteroatoms. The summed E-state index contributed by atoms with van der Waals surface area (Å²) in [5.74, 6) is -16.0. The molecule has 1 heterocycles. The van der Waals surface area contributed by atoms with Crippen LogP contribution < -0.4 is 0 Å². The van der Waals surface area contributed by atoms with Crippen molar-refractivity contribution in [2.45, 2.75) is 248 Å². The maximum Gasteiger partial charge on any atom is 0.217 e. The number of hydrogen-bond donors (Lipinski definition) is 0. The highest BCUT2D eigenvalue weighted by Crippen LogP contribution is 2.50. The van der Waals surface area contributed by atoms with E-state index >= 15 is 0 Å². The number of aldehydes is 1. The Hall–Kier alpha value is -10.1. The Balaban J connectivity index is 0.000000206. The van der Waals surface area contributed by atoms with Crippen molar-refractivity contribution in [2.24, 2.45) is 5.92 Å². The van der Waals surface area contributed by atoms with Gasteiger partial charge in [0.25, 0.3) is 0 Å². The van der Waals surface area contributed by atoms with Crippen molar-refractivity contribution < 1.29 is 88.8 Å². The smallest absolute Gasteiger partial charge is 0.217 e. The number of halogens is 16. The van der Waals surface area contributed by atoms with Gasteiger partial charge < -0.3 is 0 Å². The van der Waals surface area contributed by atoms with Crippen LogP contribution in [0.4, 0.5) is 70.2 Å². The second-order valence-corrected chi connectivity index (χ2v) is 52.0. The van der Waals surface area contributed by atoms with Crippen LogP contribution in [0.1, 0.15) is 234 Å². The lowest BCUT2D eigenvalue weighted by Gasteiger charge is -2.27. The van der Waals surface area contributed by atoms with Crippen molar-refractivity contribution in [3.05, 3.63) is 392 Å². The molecule has 0 amide bonds. The largest absolute Gasteiger partial charge is 0.298 e. The number of fused-ring (bicyclic) bond motifs is 1. The molecule has 2 unspecified atom stereocenters. The van der Waals surface area contributed by atoms with Crippen molar-refractivity contribution in [1.82, 2.24) is 0 Å². The summed E-state index contributed by atoms with van der Waals surface area (Å²) in [6.07, 6.45) is 27.0. The van der Waals surface area contributed by atoms with Crippen molar-refractivity contribution in [2.75, 3.05) is 53.3 Å². The van der Waals surface area contributed by atoms with E-state index in [0.717, 1.165) is 114 Å². The van der Waals surface area contributed by atoms with Crippen LogP contribution in [0.3, 0.4) is 0 Å². The number of benzene rings is 13. The standard InChI is InChI=1S/C20H29OS.C19H28F4OS.2C18H15S.C16H25OS.C12H6F6.C10H12F4S.C8H6F2O/c1-20(2,22-14-6-7-15-22)19(21)18-12-10-17(11-13-18)16-8-4-3-5-9-16;1-4-6-8-9-11-14(10-7-5-2)12-25(24)19-17(22)15(20)13(3)16(21)18(19)23;2*1-4-10-16(11-5-1)19(17-12-6-2-7-13-17)18-14-8-3-9-15-18;1-3-5-12-18(13-6-4-2)14-16(17)15-10-8-7-9-11-15;1-3-5-6(4(2)8(14)7(3)13)10(16)12(18)11(17)9(5)15;1-5-6(11)8(13)10(15(2,3)4)9(14)7(5)12;1-5-2-7(9)6(4-11)8(10)3-5/h10-13,16H,3-9,14-15H2,1-2H3;14H,4-12H2,1-3H3;2*1-15H;7-11H,3-6,12-14H2,1-2H3;1-2H3;1-4H3;2-4H,1H3/q+1;;3*+1;;;. The van der Waals surface area contributed by atoms with Crippen molar-refractivity contribution in [1.29, 1.82) is 0 Å². The Morgan fingerprint density at radius 2 is 0.735 bits per heavy atom. The highest BCUT2D eigenvalue weighted by atomic mass is 32.3. The van der Waals surface area contributed by atoms with E-state index in [1.54, 1.807) is 25.7 Å². The van der Waals surface area contributed by atoms with Gasteiger partial charge >= 0.3 is 0 Å². The lowest BCUT2D eigenvalue weighted by Crippen LogP contribution is -2.41. The van der Waals surface area contributed by atoms with E-state index in [1.807, 2.05) is 37.3 Å². The van der Waals surface area contributed by atoms with Crippen LogP contribution in [-0.4, -0.2) is 80.1 Å². The van der Waals surface area contributed by atoms with Crippen molar-refractivity contribution in [3.8, 4) is 0 Å². The van der Waals surface area contributed by atoms with Crippen LogP contribution in [0.2, 0.25) is 0 Å². The number of rotatable bonds is 32. The van der Waals surface area contributed by atoms with Gasteiger partial charge in [0.2, 0.25) is 11.6 Å². The normalized spacial score (nSPS) is 13.0. The number of carbonyl (C=O) groups excluding carboxylic acids is 3. The zero-order valence-electron chi connectivity index (χ0n) is 86.2. The van der Waals surface area contributed by atoms with Gasteiger partial charge in [-0.3, -0.25) is 18.6 Å². The Bertz CT molecular complexity index is 5830. The molecule has 1 aliphatic carbocycles. The molecule has 147 heavy (non-hydrogen) atoms. The Labute approximate surface area is 874 Å². The summed E-state index contributed by atoms with van der Waals surface area (Å²) in [6, 6.07) is 84.9. The van der Waals surface area contributed by atoms with E-state index in [2.05, 4.69) is 241 Å². The number of ketones is 2. The van der Waals surface area contributed by atoms with Gasteiger partial charge in [-0.25, -0.2) is 80.3 Å². The Kier molecular flexibility index (Phi) is 50.9. The van der Waals surface area contributed by atoms with Crippen molar-refractivity contribution >= 4 is 93.0 Å². The summed E-state index contributed by atoms with van der Waals surface area (Å²) in [4.78, 5) is 42.0. The van der Waals surface area contributed by atoms with Gasteiger partial charge in [0.15, 0.2) is 128 Å². The van der Waals surface area contributed by atoms with Crippen molar-refractivity contribution in [3.63, 3.8) is 0 Å². The third-order valence-corrected chi connectivity index (χ3v) is 38.4. The minimum absolute atomic E-state index is 0.0146. The molecule has 1 aliphatic heterocycles. The zero-order valence-corrected chi connectivity index (χ0v) is 91.1. The third-order valence-electron chi connectivity index (χ3n) is 25.2. The summed E-state index contributed by atoms with van der Waals surface area (Å²) in [5.41, 5.74) is 0.646. The fourth-order valence-corrected chi connectivity index (χ4v) is 28.9. The number of Topliss-reactive ketones (excluding diaryl/α,β-unsaturated/α-hetero) is 2. The highest BCUT2D eigenvalue weighted by molar-refractivity contribution is 8.32. The highest BCUT2D eigenvalue weighted by Gasteiger charge is 2.47. The molecular weight excluding hydrogens is 2010 g/mol. The molecule has 4 nitrogen and oxygen atoms in total. The molecule has 0 spiro atoms. The molecule has 1 saturated heterocycles. The van der Waals surface area contributed by atoms with Gasteiger partial charge in [0.05, 0.1) is 43.0 Å². The lowest BCUT2D eigenvalue weighted by atomic mass is 9.83. The summed E-state index contributed by atoms with van der Waals surface area (Å²) in [6.45, 7) is 18.4. The van der Waals surface area contributed by atoms with Gasteiger partial charge in [-0.1, -0.05) is 262 Å². The van der Waals surface area contributed by atoms with Crippen LogP contribution in [0.5, 0.6) is 0 Å². The monoisotopic (exact) mass is 2150 g/mol. The third kappa shape index (κ3) is 34.7. The molecule has 0 bridgehead atoms. The number of unbranched alkanes of at least 4 members (excludes halogenated alkanes) is 6. The van der Waals surface area contributed by atoms with E-state index < -0.39 is 162 Å².